The Kier molecular flexibility index (Phi) is 9.64. The summed E-state index contributed by atoms with van der Waals surface area (Å²) in [5, 5.41) is 2.75. The number of nitrogens with one attached hydrogen (secondary N) is 1. The van der Waals surface area contributed by atoms with Gasteiger partial charge in [0.1, 0.15) is 0 Å². The lowest BCUT2D eigenvalue weighted by Crippen LogP contribution is -2.36. The first-order valence-electron chi connectivity index (χ1n) is 6.14. The molecule has 0 unspecified atom stereocenters. The lowest BCUT2D eigenvalue weighted by Gasteiger charge is -2.17. The molecule has 19 heavy (non-hydrogen) atoms. The minimum absolute atomic E-state index is 0. The van der Waals surface area contributed by atoms with Gasteiger partial charge in [0, 0.05) is 30.7 Å². The number of carbonyl (C=O) groups is 3. The predicted octanol–water partition coefficient (Wildman–Crippen LogP) is 1.88. The number of hydrogen-bond acceptors (Lipinski definition) is 3. The van der Waals surface area contributed by atoms with E-state index >= 15 is 0 Å². The van der Waals surface area contributed by atoms with Crippen LogP contribution in [0.15, 0.2) is 12.2 Å². The van der Waals surface area contributed by atoms with Gasteiger partial charge in [-0.15, -0.1) is 0 Å². The van der Waals surface area contributed by atoms with Crippen molar-refractivity contribution in [2.75, 3.05) is 0 Å². The van der Waals surface area contributed by atoms with Gasteiger partial charge in [0.05, 0.1) is 0 Å². The van der Waals surface area contributed by atoms with Gasteiger partial charge in [0.15, 0.2) is 0 Å². The molecule has 1 aliphatic heterocycles. The third-order valence-electron chi connectivity index (χ3n) is 2.13. The van der Waals surface area contributed by atoms with Gasteiger partial charge in [-0.2, -0.15) is 0 Å². The van der Waals surface area contributed by atoms with E-state index in [2.05, 4.69) is 5.32 Å². The van der Waals surface area contributed by atoms with E-state index in [1.54, 1.807) is 0 Å². The third-order valence-corrected chi connectivity index (χ3v) is 2.13. The van der Waals surface area contributed by atoms with Crippen molar-refractivity contribution in [1.82, 2.24) is 10.2 Å². The van der Waals surface area contributed by atoms with Crippen LogP contribution in [0.3, 0.4) is 0 Å². The molecule has 0 aromatic rings. The van der Waals surface area contributed by atoms with Crippen LogP contribution in [0.25, 0.3) is 0 Å². The summed E-state index contributed by atoms with van der Waals surface area (Å²) in [4.78, 5) is 33.4. The highest BCUT2D eigenvalue weighted by atomic mass is 16.2. The molecular formula is C14H26N2O3. The molecule has 1 heterocycles. The molecule has 0 bridgehead atoms. The Hall–Kier alpha value is -1.65. The molecule has 5 nitrogen and oxygen atoms in total. The van der Waals surface area contributed by atoms with E-state index in [1.807, 2.05) is 34.6 Å². The molecule has 5 heteroatoms. The zero-order valence-corrected chi connectivity index (χ0v) is 11.7. The van der Waals surface area contributed by atoms with Gasteiger partial charge in [-0.3, -0.25) is 19.3 Å². The highest BCUT2D eigenvalue weighted by Crippen LogP contribution is 2.07. The van der Waals surface area contributed by atoms with Crippen molar-refractivity contribution in [1.29, 1.82) is 0 Å². The first-order chi connectivity index (χ1) is 8.29. The summed E-state index contributed by atoms with van der Waals surface area (Å²) >= 11 is 0. The maximum atomic E-state index is 10.8. The van der Waals surface area contributed by atoms with Crippen LogP contribution >= 0.6 is 0 Å². The second kappa shape index (κ2) is 9.30. The van der Waals surface area contributed by atoms with Crippen molar-refractivity contribution >= 4 is 17.7 Å². The van der Waals surface area contributed by atoms with Gasteiger partial charge in [-0.1, -0.05) is 14.4 Å². The van der Waals surface area contributed by atoms with Gasteiger partial charge >= 0.3 is 0 Å². The standard InChI is InChI=1S/C7H9NO2.C6H13NO.CH4/c1-5(2)8-6(9)3-4-7(8)10;1-4-6(8)7-5(2)3;/h3-5H,1-2H3;5H,4H2,1-3H3,(H,7,8);1H4. The fourth-order valence-electron chi connectivity index (χ4n) is 1.34. The van der Waals surface area contributed by atoms with Crippen molar-refractivity contribution < 1.29 is 14.4 Å². The lowest BCUT2D eigenvalue weighted by molar-refractivity contribution is -0.138. The molecule has 110 valence electrons. The van der Waals surface area contributed by atoms with Crippen molar-refractivity contribution in [3.8, 4) is 0 Å². The van der Waals surface area contributed by atoms with Crippen molar-refractivity contribution in [2.45, 2.75) is 60.5 Å². The second-order valence-electron chi connectivity index (χ2n) is 4.55. The fraction of sp³-hybridized carbons (Fsp3) is 0.643. The van der Waals surface area contributed by atoms with Crippen LogP contribution in [0.5, 0.6) is 0 Å². The van der Waals surface area contributed by atoms with Crippen molar-refractivity contribution in [2.24, 2.45) is 0 Å². The third kappa shape index (κ3) is 7.39. The van der Waals surface area contributed by atoms with Gasteiger partial charge in [-0.25, -0.2) is 0 Å². The Balaban J connectivity index is 0. The van der Waals surface area contributed by atoms with Crippen molar-refractivity contribution in [3.63, 3.8) is 0 Å². The minimum Gasteiger partial charge on any atom is -0.354 e. The highest BCUT2D eigenvalue weighted by Gasteiger charge is 2.25. The Morgan fingerprint density at radius 3 is 1.74 bits per heavy atom. The monoisotopic (exact) mass is 270 g/mol. The molecule has 0 aromatic carbocycles. The first kappa shape index (κ1) is 19.7. The maximum Gasteiger partial charge on any atom is 0.253 e. The van der Waals surface area contributed by atoms with Crippen LogP contribution in [0.4, 0.5) is 0 Å². The van der Waals surface area contributed by atoms with E-state index in [0.29, 0.717) is 6.42 Å². The largest absolute Gasteiger partial charge is 0.354 e. The van der Waals surface area contributed by atoms with Crippen molar-refractivity contribution in [3.05, 3.63) is 12.2 Å². The average molecular weight is 270 g/mol. The second-order valence-corrected chi connectivity index (χ2v) is 4.55. The van der Waals surface area contributed by atoms with Gasteiger partial charge < -0.3 is 5.32 Å². The Morgan fingerprint density at radius 1 is 1.16 bits per heavy atom. The summed E-state index contributed by atoms with van der Waals surface area (Å²) in [5.74, 6) is -0.292. The molecular weight excluding hydrogens is 244 g/mol. The average Bonchev–Trinajstić information content (AvgIpc) is 2.58. The maximum absolute atomic E-state index is 10.8. The Bertz CT molecular complexity index is 329. The van der Waals surface area contributed by atoms with E-state index in [-0.39, 0.29) is 37.2 Å². The molecule has 0 fully saturated rings. The van der Waals surface area contributed by atoms with E-state index in [4.69, 9.17) is 0 Å². The molecule has 1 N–H and O–H groups in total. The molecule has 1 aliphatic rings. The summed E-state index contributed by atoms with van der Waals surface area (Å²) in [6.07, 6.45) is 3.17. The number of amides is 3. The number of nitrogens with zero attached hydrogens (tertiary/aromatic N) is 1. The minimum atomic E-state index is -0.208. The summed E-state index contributed by atoms with van der Waals surface area (Å²) in [5.41, 5.74) is 0. The highest BCUT2D eigenvalue weighted by molar-refractivity contribution is 6.13. The normalized spacial score (nSPS) is 13.3. The van der Waals surface area contributed by atoms with Crippen LogP contribution in [0.2, 0.25) is 0 Å². The Labute approximate surface area is 116 Å². The Morgan fingerprint density at radius 2 is 1.58 bits per heavy atom. The van der Waals surface area contributed by atoms with E-state index in [9.17, 15) is 14.4 Å². The van der Waals surface area contributed by atoms with Gasteiger partial charge in [0.25, 0.3) is 11.8 Å². The molecule has 0 spiro atoms. The molecule has 0 saturated carbocycles. The van der Waals surface area contributed by atoms with Crippen LogP contribution in [0, 0.1) is 0 Å². The number of hydrogen-bond donors (Lipinski definition) is 1. The summed E-state index contributed by atoms with van der Waals surface area (Å²) in [7, 11) is 0. The zero-order chi connectivity index (χ0) is 14.3. The summed E-state index contributed by atoms with van der Waals surface area (Å²) < 4.78 is 0. The molecule has 1 rings (SSSR count). The number of imide groups is 1. The molecule has 0 aromatic heterocycles. The van der Waals surface area contributed by atoms with E-state index in [0.717, 1.165) is 0 Å². The molecule has 3 amide bonds. The SMILES string of the molecule is C.CC(C)N1C(=O)C=CC1=O.CCC(=O)NC(C)C. The van der Waals surface area contributed by atoms with E-state index in [1.165, 1.54) is 17.1 Å². The molecule has 0 saturated heterocycles. The molecule has 0 atom stereocenters. The van der Waals surface area contributed by atoms with Gasteiger partial charge in [0.2, 0.25) is 5.91 Å². The number of carbonyl (C=O) groups excluding carboxylic acids is 3. The van der Waals surface area contributed by atoms with E-state index < -0.39 is 0 Å². The topological polar surface area (TPSA) is 66.5 Å². The quantitative estimate of drug-likeness (QED) is 0.796. The van der Waals surface area contributed by atoms with Crippen LogP contribution in [-0.2, 0) is 14.4 Å². The summed E-state index contributed by atoms with van der Waals surface area (Å²) in [6.45, 7) is 9.37. The molecule has 0 radical (unpaired) electrons. The van der Waals surface area contributed by atoms with Crippen LogP contribution in [0.1, 0.15) is 48.5 Å². The predicted molar refractivity (Wildman–Crippen MR) is 76.4 cm³/mol. The fourth-order valence-corrected chi connectivity index (χ4v) is 1.34. The zero-order valence-electron chi connectivity index (χ0n) is 11.7. The van der Waals surface area contributed by atoms with Crippen LogP contribution < -0.4 is 5.32 Å². The lowest BCUT2D eigenvalue weighted by atomic mass is 10.3. The smallest absolute Gasteiger partial charge is 0.253 e. The molecule has 0 aliphatic carbocycles. The van der Waals surface area contributed by atoms with Gasteiger partial charge in [-0.05, 0) is 27.7 Å². The first-order valence-corrected chi connectivity index (χ1v) is 6.14. The summed E-state index contributed by atoms with van der Waals surface area (Å²) in [6, 6.07) is 0.248. The van der Waals surface area contributed by atoms with Crippen LogP contribution in [-0.4, -0.2) is 34.7 Å². The number of rotatable bonds is 3.